The van der Waals surface area contributed by atoms with E-state index in [2.05, 4.69) is 5.32 Å². The lowest BCUT2D eigenvalue weighted by Crippen LogP contribution is -2.37. The van der Waals surface area contributed by atoms with Gasteiger partial charge in [-0.15, -0.1) is 0 Å². The Hall–Kier alpha value is -2.37. The minimum atomic E-state index is -0.524. The van der Waals surface area contributed by atoms with Crippen LogP contribution in [-0.4, -0.2) is 29.2 Å². The van der Waals surface area contributed by atoms with Gasteiger partial charge in [0.1, 0.15) is 6.54 Å². The van der Waals surface area contributed by atoms with Crippen molar-refractivity contribution in [2.75, 3.05) is 11.9 Å². The first-order chi connectivity index (χ1) is 11.0. The Balaban J connectivity index is 1.74. The molecule has 1 aliphatic rings. The molecule has 3 amide bonds. The summed E-state index contributed by atoms with van der Waals surface area (Å²) < 4.78 is 0. The molecule has 0 saturated carbocycles. The molecule has 0 aliphatic carbocycles. The molecule has 116 valence electrons. The maximum Gasteiger partial charge on any atom is 0.262 e. The summed E-state index contributed by atoms with van der Waals surface area (Å²) in [7, 11) is 0. The highest BCUT2D eigenvalue weighted by molar-refractivity contribution is 6.36. The lowest BCUT2D eigenvalue weighted by atomic mass is 10.1. The monoisotopic (exact) mass is 348 g/mol. The Morgan fingerprint density at radius 1 is 1.00 bits per heavy atom. The normalized spacial score (nSPS) is 13.2. The predicted octanol–water partition coefficient (Wildman–Crippen LogP) is 3.23. The summed E-state index contributed by atoms with van der Waals surface area (Å²) >= 11 is 11.8. The quantitative estimate of drug-likeness (QED) is 0.866. The van der Waals surface area contributed by atoms with E-state index in [4.69, 9.17) is 23.2 Å². The number of carbonyl (C=O) groups excluding carboxylic acids is 3. The van der Waals surface area contributed by atoms with Crippen LogP contribution in [0.4, 0.5) is 5.69 Å². The van der Waals surface area contributed by atoms with Crippen LogP contribution in [0.2, 0.25) is 10.0 Å². The summed E-state index contributed by atoms with van der Waals surface area (Å²) in [6.45, 7) is -0.384. The van der Waals surface area contributed by atoms with Gasteiger partial charge in [-0.2, -0.15) is 0 Å². The van der Waals surface area contributed by atoms with Crippen molar-refractivity contribution < 1.29 is 14.4 Å². The average molecular weight is 349 g/mol. The molecule has 2 aromatic carbocycles. The number of imide groups is 1. The van der Waals surface area contributed by atoms with Crippen LogP contribution < -0.4 is 5.32 Å². The lowest BCUT2D eigenvalue weighted by Gasteiger charge is -2.14. The molecule has 0 radical (unpaired) electrons. The summed E-state index contributed by atoms with van der Waals surface area (Å²) in [4.78, 5) is 37.4. The van der Waals surface area contributed by atoms with E-state index in [-0.39, 0.29) is 11.6 Å². The Bertz CT molecular complexity index is 801. The van der Waals surface area contributed by atoms with Crippen molar-refractivity contribution in [3.8, 4) is 0 Å². The fourth-order valence-electron chi connectivity index (χ4n) is 2.31. The number of rotatable bonds is 3. The molecule has 0 spiro atoms. The third-order valence-electron chi connectivity index (χ3n) is 3.39. The van der Waals surface area contributed by atoms with Gasteiger partial charge < -0.3 is 5.32 Å². The third kappa shape index (κ3) is 2.93. The van der Waals surface area contributed by atoms with Crippen LogP contribution in [0.3, 0.4) is 0 Å². The van der Waals surface area contributed by atoms with Gasteiger partial charge in [-0.1, -0.05) is 35.3 Å². The number of halogens is 2. The number of benzene rings is 2. The van der Waals surface area contributed by atoms with Crippen molar-refractivity contribution in [1.82, 2.24) is 4.90 Å². The Morgan fingerprint density at radius 2 is 1.61 bits per heavy atom. The smallest absolute Gasteiger partial charge is 0.262 e. The van der Waals surface area contributed by atoms with Gasteiger partial charge in [0.25, 0.3) is 11.8 Å². The van der Waals surface area contributed by atoms with E-state index in [1.54, 1.807) is 36.4 Å². The molecule has 5 nitrogen and oxygen atoms in total. The molecular weight excluding hydrogens is 339 g/mol. The number of nitrogens with one attached hydrogen (secondary N) is 1. The van der Waals surface area contributed by atoms with Crippen molar-refractivity contribution >= 4 is 46.6 Å². The first-order valence-corrected chi connectivity index (χ1v) is 7.43. The molecule has 7 heteroatoms. The van der Waals surface area contributed by atoms with Gasteiger partial charge in [0.15, 0.2) is 0 Å². The van der Waals surface area contributed by atoms with Crippen molar-refractivity contribution in [2.24, 2.45) is 0 Å². The standard InChI is InChI=1S/C16H10Cl2N2O3/c17-9-5-6-13(12(18)7-9)19-14(21)8-20-15(22)10-3-1-2-4-11(10)16(20)23/h1-7H,8H2,(H,19,21). The fraction of sp³-hybridized carbons (Fsp3) is 0.0625. The Kier molecular flexibility index (Phi) is 4.07. The van der Waals surface area contributed by atoms with Crippen molar-refractivity contribution in [2.45, 2.75) is 0 Å². The van der Waals surface area contributed by atoms with Crippen molar-refractivity contribution in [1.29, 1.82) is 0 Å². The van der Waals surface area contributed by atoms with E-state index in [9.17, 15) is 14.4 Å². The second-order valence-corrected chi connectivity index (χ2v) is 5.76. The van der Waals surface area contributed by atoms with Crippen LogP contribution in [0.15, 0.2) is 42.5 Å². The molecule has 0 atom stereocenters. The summed E-state index contributed by atoms with van der Waals surface area (Å²) in [5.74, 6) is -1.49. The molecule has 0 bridgehead atoms. The van der Waals surface area contributed by atoms with Crippen LogP contribution in [0, 0.1) is 0 Å². The highest BCUT2D eigenvalue weighted by Gasteiger charge is 2.36. The predicted molar refractivity (Wildman–Crippen MR) is 86.9 cm³/mol. The molecule has 2 aromatic rings. The van der Waals surface area contributed by atoms with Gasteiger partial charge in [0.05, 0.1) is 21.8 Å². The molecule has 0 fully saturated rings. The van der Waals surface area contributed by atoms with E-state index >= 15 is 0 Å². The second-order valence-electron chi connectivity index (χ2n) is 4.91. The number of nitrogens with zero attached hydrogens (tertiary/aromatic N) is 1. The molecular formula is C16H10Cl2N2O3. The van der Waals surface area contributed by atoms with Crippen LogP contribution in [0.25, 0.3) is 0 Å². The third-order valence-corrected chi connectivity index (χ3v) is 3.93. The van der Waals surface area contributed by atoms with Crippen LogP contribution in [0.5, 0.6) is 0 Å². The van der Waals surface area contributed by atoms with E-state index in [1.165, 1.54) is 6.07 Å². The fourth-order valence-corrected chi connectivity index (χ4v) is 2.76. The molecule has 0 unspecified atom stereocenters. The summed E-state index contributed by atoms with van der Waals surface area (Å²) in [6, 6.07) is 11.1. The minimum absolute atomic E-state index is 0.271. The van der Waals surface area contributed by atoms with Crippen LogP contribution >= 0.6 is 23.2 Å². The minimum Gasteiger partial charge on any atom is -0.323 e. The number of carbonyl (C=O) groups is 3. The molecule has 1 N–H and O–H groups in total. The number of hydrogen-bond donors (Lipinski definition) is 1. The average Bonchev–Trinajstić information content (AvgIpc) is 2.76. The molecule has 23 heavy (non-hydrogen) atoms. The number of anilines is 1. The van der Waals surface area contributed by atoms with Gasteiger partial charge in [0, 0.05) is 5.02 Å². The molecule has 0 saturated heterocycles. The zero-order chi connectivity index (χ0) is 16.6. The summed E-state index contributed by atoms with van der Waals surface area (Å²) in [5.41, 5.74) is 0.960. The van der Waals surface area contributed by atoms with Crippen LogP contribution in [0.1, 0.15) is 20.7 Å². The second kappa shape index (κ2) is 6.02. The first kappa shape index (κ1) is 15.5. The van der Waals surface area contributed by atoms with Crippen LogP contribution in [-0.2, 0) is 4.79 Å². The number of fused-ring (bicyclic) bond motifs is 1. The zero-order valence-corrected chi connectivity index (χ0v) is 13.2. The molecule has 0 aromatic heterocycles. The molecule has 3 rings (SSSR count). The first-order valence-electron chi connectivity index (χ1n) is 6.67. The van der Waals surface area contributed by atoms with E-state index in [0.717, 1.165) is 4.90 Å². The van der Waals surface area contributed by atoms with E-state index in [1.807, 2.05) is 0 Å². The van der Waals surface area contributed by atoms with Gasteiger partial charge in [0.2, 0.25) is 5.91 Å². The van der Waals surface area contributed by atoms with Gasteiger partial charge in [-0.3, -0.25) is 19.3 Å². The highest BCUT2D eigenvalue weighted by atomic mass is 35.5. The largest absolute Gasteiger partial charge is 0.323 e. The number of hydrogen-bond acceptors (Lipinski definition) is 3. The Morgan fingerprint density at radius 3 is 2.17 bits per heavy atom. The maximum atomic E-state index is 12.2. The highest BCUT2D eigenvalue weighted by Crippen LogP contribution is 2.26. The topological polar surface area (TPSA) is 66.5 Å². The molecule has 1 heterocycles. The van der Waals surface area contributed by atoms with Crippen molar-refractivity contribution in [3.05, 3.63) is 63.6 Å². The molecule has 1 aliphatic heterocycles. The van der Waals surface area contributed by atoms with E-state index < -0.39 is 17.7 Å². The SMILES string of the molecule is O=C(CN1C(=O)c2ccccc2C1=O)Nc1ccc(Cl)cc1Cl. The number of amides is 3. The summed E-state index contributed by atoms with van der Waals surface area (Å²) in [5, 5.41) is 3.27. The van der Waals surface area contributed by atoms with E-state index in [0.29, 0.717) is 21.8 Å². The van der Waals surface area contributed by atoms with Gasteiger partial charge in [-0.05, 0) is 30.3 Å². The zero-order valence-electron chi connectivity index (χ0n) is 11.7. The maximum absolute atomic E-state index is 12.2. The Labute approximate surface area is 141 Å². The van der Waals surface area contributed by atoms with Crippen molar-refractivity contribution in [3.63, 3.8) is 0 Å². The van der Waals surface area contributed by atoms with Gasteiger partial charge >= 0.3 is 0 Å². The summed E-state index contributed by atoms with van der Waals surface area (Å²) in [6.07, 6.45) is 0. The van der Waals surface area contributed by atoms with Gasteiger partial charge in [-0.25, -0.2) is 0 Å². The lowest BCUT2D eigenvalue weighted by molar-refractivity contribution is -0.116.